The van der Waals surface area contributed by atoms with E-state index in [4.69, 9.17) is 4.74 Å². The molecule has 1 saturated heterocycles. The minimum atomic E-state index is -0.357. The van der Waals surface area contributed by atoms with E-state index in [9.17, 15) is 4.79 Å². The van der Waals surface area contributed by atoms with Gasteiger partial charge in [-0.3, -0.25) is 4.79 Å². The van der Waals surface area contributed by atoms with Gasteiger partial charge in [-0.25, -0.2) is 10.4 Å². The van der Waals surface area contributed by atoms with E-state index in [1.165, 1.54) is 0 Å². The molecule has 1 aliphatic rings. The molecule has 10 heteroatoms. The highest BCUT2D eigenvalue weighted by Crippen LogP contribution is 2.25. The molecule has 172 valence electrons. The quantitative estimate of drug-likeness (QED) is 0.301. The van der Waals surface area contributed by atoms with Gasteiger partial charge in [0, 0.05) is 18.8 Å². The molecule has 0 radical (unpaired) electrons. The number of nitrogens with one attached hydrogen (secondary N) is 3. The highest BCUT2D eigenvalue weighted by atomic mass is 16.5. The second kappa shape index (κ2) is 9.67. The van der Waals surface area contributed by atoms with Crippen molar-refractivity contribution in [3.63, 3.8) is 0 Å². The van der Waals surface area contributed by atoms with Crippen molar-refractivity contribution in [2.24, 2.45) is 5.10 Å². The Bertz CT molecular complexity index is 1330. The molecule has 0 unspecified atom stereocenters. The zero-order chi connectivity index (χ0) is 23.3. The van der Waals surface area contributed by atoms with Crippen LogP contribution < -0.4 is 15.6 Å². The average molecular weight is 457 g/mol. The van der Waals surface area contributed by atoms with Crippen LogP contribution in [-0.2, 0) is 4.74 Å². The molecule has 4 aromatic rings. The van der Waals surface area contributed by atoms with Crippen molar-refractivity contribution in [1.82, 2.24) is 19.9 Å². The summed E-state index contributed by atoms with van der Waals surface area (Å²) in [6.45, 7) is 4.55. The van der Waals surface area contributed by atoms with Crippen LogP contribution in [0.25, 0.3) is 11.2 Å². The number of aryl methyl sites for hydroxylation is 1. The Hall–Kier alpha value is -4.31. The van der Waals surface area contributed by atoms with Gasteiger partial charge in [0.1, 0.15) is 5.52 Å². The summed E-state index contributed by atoms with van der Waals surface area (Å²) in [6, 6.07) is 17.2. The van der Waals surface area contributed by atoms with Gasteiger partial charge in [-0.1, -0.05) is 48.0 Å². The number of morpholine rings is 1. The Labute approximate surface area is 196 Å². The molecule has 3 N–H and O–H groups in total. The number of hydrazone groups is 1. The maximum Gasteiger partial charge on any atom is 0.291 e. The van der Waals surface area contributed by atoms with Gasteiger partial charge < -0.3 is 19.9 Å². The number of hydrogen-bond donors (Lipinski definition) is 3. The van der Waals surface area contributed by atoms with Gasteiger partial charge in [0.25, 0.3) is 5.91 Å². The number of anilines is 3. The smallest absolute Gasteiger partial charge is 0.291 e. The summed E-state index contributed by atoms with van der Waals surface area (Å²) >= 11 is 0. The first-order chi connectivity index (χ1) is 16.7. The number of fused-ring (bicyclic) bond motifs is 1. The highest BCUT2D eigenvalue weighted by molar-refractivity contribution is 6.04. The number of para-hydroxylation sites is 1. The second-order valence-electron chi connectivity index (χ2n) is 7.86. The van der Waals surface area contributed by atoms with Crippen molar-refractivity contribution < 1.29 is 9.53 Å². The largest absolute Gasteiger partial charge is 0.378 e. The fourth-order valence-electron chi connectivity index (χ4n) is 3.67. The number of imidazole rings is 1. The van der Waals surface area contributed by atoms with Crippen LogP contribution in [0.4, 0.5) is 17.5 Å². The van der Waals surface area contributed by atoms with Gasteiger partial charge in [0.2, 0.25) is 5.95 Å². The van der Waals surface area contributed by atoms with Crippen LogP contribution >= 0.6 is 0 Å². The number of nitrogens with zero attached hydrogens (tertiary/aromatic N) is 5. The van der Waals surface area contributed by atoms with Crippen molar-refractivity contribution >= 4 is 40.7 Å². The van der Waals surface area contributed by atoms with E-state index in [-0.39, 0.29) is 11.7 Å². The topological polar surface area (TPSA) is 120 Å². The third-order valence-electron chi connectivity index (χ3n) is 5.31. The maximum absolute atomic E-state index is 12.8. The Morgan fingerprint density at radius 1 is 1.09 bits per heavy atom. The van der Waals surface area contributed by atoms with Crippen LogP contribution in [0.15, 0.2) is 59.7 Å². The van der Waals surface area contributed by atoms with Gasteiger partial charge in [-0.15, -0.1) is 0 Å². The molecule has 10 nitrogen and oxygen atoms in total. The van der Waals surface area contributed by atoms with Gasteiger partial charge in [0.05, 0.1) is 19.4 Å². The summed E-state index contributed by atoms with van der Waals surface area (Å²) in [5.74, 6) is 0.736. The van der Waals surface area contributed by atoms with Crippen molar-refractivity contribution in [3.8, 4) is 0 Å². The van der Waals surface area contributed by atoms with E-state index in [0.717, 1.165) is 11.1 Å². The predicted molar refractivity (Wildman–Crippen MR) is 132 cm³/mol. The van der Waals surface area contributed by atoms with E-state index in [1.54, 1.807) is 6.21 Å². The Morgan fingerprint density at radius 3 is 2.71 bits per heavy atom. The van der Waals surface area contributed by atoms with Crippen LogP contribution in [0.2, 0.25) is 0 Å². The summed E-state index contributed by atoms with van der Waals surface area (Å²) in [5, 5.41) is 7.12. The second-order valence-corrected chi connectivity index (χ2v) is 7.86. The number of hydrogen-bond acceptors (Lipinski definition) is 8. The molecule has 2 aromatic carbocycles. The minimum Gasteiger partial charge on any atom is -0.378 e. The molecule has 3 heterocycles. The molecule has 1 fully saturated rings. The zero-order valence-electron chi connectivity index (χ0n) is 18.7. The molecule has 1 amide bonds. The van der Waals surface area contributed by atoms with E-state index < -0.39 is 0 Å². The van der Waals surface area contributed by atoms with Crippen LogP contribution in [0.5, 0.6) is 0 Å². The summed E-state index contributed by atoms with van der Waals surface area (Å²) in [4.78, 5) is 31.5. The number of carbonyl (C=O) groups excluding carboxylic acids is 1. The Balaban J connectivity index is 1.45. The average Bonchev–Trinajstić information content (AvgIpc) is 3.29. The van der Waals surface area contributed by atoms with Crippen LogP contribution in [0, 0.1) is 6.92 Å². The third-order valence-corrected chi connectivity index (χ3v) is 5.31. The lowest BCUT2D eigenvalue weighted by molar-refractivity contribution is 0.101. The number of aromatic amines is 1. The standard InChI is InChI=1S/C24H24N8O2/c1-16-6-5-7-17(14-16)15-25-31-24-29-20-19(22(30-24)32-10-12-34-13-11-32)27-21(28-20)23(33)26-18-8-3-2-4-9-18/h2-9,14-15H,10-13H2,1H3,(H,26,33)(H2,27,28,29,30,31)/b25-15+. The molecule has 2 aromatic heterocycles. The van der Waals surface area contributed by atoms with E-state index in [2.05, 4.69) is 40.7 Å². The van der Waals surface area contributed by atoms with Crippen molar-refractivity contribution in [1.29, 1.82) is 0 Å². The maximum atomic E-state index is 12.8. The van der Waals surface area contributed by atoms with Crippen molar-refractivity contribution in [2.45, 2.75) is 6.92 Å². The number of aromatic nitrogens is 4. The summed E-state index contributed by atoms with van der Waals surface area (Å²) in [7, 11) is 0. The van der Waals surface area contributed by atoms with Gasteiger partial charge in [-0.05, 0) is 24.6 Å². The molecule has 34 heavy (non-hydrogen) atoms. The monoisotopic (exact) mass is 456 g/mol. The first kappa shape index (κ1) is 21.5. The first-order valence-corrected chi connectivity index (χ1v) is 11.0. The minimum absolute atomic E-state index is 0.156. The molecule has 1 aliphatic heterocycles. The molecule has 0 bridgehead atoms. The van der Waals surface area contributed by atoms with Gasteiger partial charge in [-0.2, -0.15) is 15.1 Å². The molecular formula is C24H24N8O2. The summed E-state index contributed by atoms with van der Waals surface area (Å²) in [6.07, 6.45) is 1.71. The number of H-pyrrole nitrogens is 1. The lowest BCUT2D eigenvalue weighted by Crippen LogP contribution is -2.37. The third kappa shape index (κ3) is 4.86. The van der Waals surface area contributed by atoms with Crippen molar-refractivity contribution in [2.75, 3.05) is 41.9 Å². The van der Waals surface area contributed by atoms with E-state index >= 15 is 0 Å². The lowest BCUT2D eigenvalue weighted by Gasteiger charge is -2.28. The van der Waals surface area contributed by atoms with E-state index in [0.29, 0.717) is 54.9 Å². The normalized spacial score (nSPS) is 14.0. The van der Waals surface area contributed by atoms with Crippen LogP contribution in [0.1, 0.15) is 21.7 Å². The molecular weight excluding hydrogens is 432 g/mol. The molecule has 0 aliphatic carbocycles. The van der Waals surface area contributed by atoms with Crippen molar-refractivity contribution in [3.05, 3.63) is 71.5 Å². The first-order valence-electron chi connectivity index (χ1n) is 11.0. The fourth-order valence-corrected chi connectivity index (χ4v) is 3.67. The SMILES string of the molecule is Cc1cccc(/C=N/Nc2nc(N3CCOCC3)c3[nH]c(C(=O)Nc4ccccc4)nc3n2)c1. The number of amides is 1. The summed E-state index contributed by atoms with van der Waals surface area (Å²) < 4.78 is 5.48. The van der Waals surface area contributed by atoms with Crippen LogP contribution in [-0.4, -0.2) is 58.4 Å². The zero-order valence-corrected chi connectivity index (χ0v) is 18.7. The lowest BCUT2D eigenvalue weighted by atomic mass is 10.2. The fraction of sp³-hybridized carbons (Fsp3) is 0.208. The Morgan fingerprint density at radius 2 is 1.91 bits per heavy atom. The number of carbonyl (C=O) groups is 1. The number of ether oxygens (including phenoxy) is 1. The van der Waals surface area contributed by atoms with E-state index in [1.807, 2.05) is 61.5 Å². The molecule has 0 atom stereocenters. The summed E-state index contributed by atoms with van der Waals surface area (Å²) in [5.41, 5.74) is 6.65. The number of rotatable bonds is 6. The van der Waals surface area contributed by atoms with Gasteiger partial charge >= 0.3 is 0 Å². The Kier molecular flexibility index (Phi) is 6.13. The van der Waals surface area contributed by atoms with Crippen LogP contribution in [0.3, 0.4) is 0 Å². The molecule has 5 rings (SSSR count). The molecule has 0 spiro atoms. The van der Waals surface area contributed by atoms with Gasteiger partial charge in [0.15, 0.2) is 17.3 Å². The predicted octanol–water partition coefficient (Wildman–Crippen LogP) is 3.20. The molecule has 0 saturated carbocycles. The highest BCUT2D eigenvalue weighted by Gasteiger charge is 2.22. The number of benzene rings is 2.